The van der Waals surface area contributed by atoms with Crippen LogP contribution in [0.3, 0.4) is 0 Å². The Labute approximate surface area is 90.5 Å². The van der Waals surface area contributed by atoms with Gasteiger partial charge in [-0.3, -0.25) is 0 Å². The summed E-state index contributed by atoms with van der Waals surface area (Å²) >= 11 is 0. The molecular weight excluding hydrogens is 194 g/mol. The van der Waals surface area contributed by atoms with Crippen molar-refractivity contribution in [1.29, 1.82) is 0 Å². The number of carbonyl (C=O) groups is 1. The molecule has 15 heavy (non-hydrogen) atoms. The molecule has 0 aromatic heterocycles. The first-order valence-electron chi connectivity index (χ1n) is 5.19. The Kier molecular flexibility index (Phi) is 3.74. The van der Waals surface area contributed by atoms with Crippen molar-refractivity contribution in [2.24, 2.45) is 0 Å². The maximum absolute atomic E-state index is 11.6. The van der Waals surface area contributed by atoms with Crippen molar-refractivity contribution in [2.45, 2.75) is 32.8 Å². The molecule has 0 unspecified atom stereocenters. The molecule has 1 N–H and O–H groups in total. The summed E-state index contributed by atoms with van der Waals surface area (Å²) in [7, 11) is 0. The first-order chi connectivity index (χ1) is 6.92. The molecule has 1 aliphatic heterocycles. The van der Waals surface area contributed by atoms with Crippen molar-refractivity contribution in [3.05, 3.63) is 11.6 Å². The Morgan fingerprint density at radius 3 is 2.80 bits per heavy atom. The van der Waals surface area contributed by atoms with Gasteiger partial charge in [0, 0.05) is 13.1 Å². The Morgan fingerprint density at radius 1 is 1.60 bits per heavy atom. The zero-order valence-corrected chi connectivity index (χ0v) is 9.62. The molecule has 0 aromatic rings. The van der Waals surface area contributed by atoms with Crippen LogP contribution >= 0.6 is 0 Å². The molecular formula is C11H19NO3. The first kappa shape index (κ1) is 12.0. The van der Waals surface area contributed by atoms with E-state index in [1.54, 1.807) is 11.0 Å². The van der Waals surface area contributed by atoms with Crippen LogP contribution in [0, 0.1) is 0 Å². The Hall–Kier alpha value is -1.03. The van der Waals surface area contributed by atoms with Crippen LogP contribution in [-0.2, 0) is 4.74 Å². The highest BCUT2D eigenvalue weighted by Gasteiger charge is 2.26. The SMILES string of the molecule is CC(C)(C)OC(=O)N1CC/C(=C\CO)C1. The van der Waals surface area contributed by atoms with Crippen LogP contribution in [0.4, 0.5) is 4.79 Å². The average molecular weight is 213 g/mol. The molecule has 0 saturated carbocycles. The van der Waals surface area contributed by atoms with Crippen LogP contribution in [0.15, 0.2) is 11.6 Å². The minimum absolute atomic E-state index is 0.0392. The maximum atomic E-state index is 11.6. The van der Waals surface area contributed by atoms with E-state index in [0.717, 1.165) is 12.0 Å². The third-order valence-electron chi connectivity index (χ3n) is 2.13. The van der Waals surface area contributed by atoms with E-state index in [2.05, 4.69) is 0 Å². The molecule has 0 radical (unpaired) electrons. The van der Waals surface area contributed by atoms with Crippen LogP contribution in [0.2, 0.25) is 0 Å². The average Bonchev–Trinajstić information content (AvgIpc) is 2.50. The minimum Gasteiger partial charge on any atom is -0.444 e. The number of likely N-dealkylation sites (tertiary alicyclic amines) is 1. The van der Waals surface area contributed by atoms with Crippen molar-refractivity contribution >= 4 is 6.09 Å². The summed E-state index contributed by atoms with van der Waals surface area (Å²) in [6, 6.07) is 0. The molecule has 1 amide bonds. The second-order valence-corrected chi connectivity index (χ2v) is 4.70. The van der Waals surface area contributed by atoms with E-state index in [4.69, 9.17) is 9.84 Å². The number of amides is 1. The van der Waals surface area contributed by atoms with Gasteiger partial charge in [-0.2, -0.15) is 0 Å². The Balaban J connectivity index is 2.47. The molecule has 86 valence electrons. The number of hydrogen-bond donors (Lipinski definition) is 1. The second kappa shape index (κ2) is 4.66. The lowest BCUT2D eigenvalue weighted by Gasteiger charge is -2.23. The summed E-state index contributed by atoms with van der Waals surface area (Å²) in [5.41, 5.74) is 0.656. The van der Waals surface area contributed by atoms with Crippen LogP contribution < -0.4 is 0 Å². The third-order valence-corrected chi connectivity index (χ3v) is 2.13. The van der Waals surface area contributed by atoms with E-state index in [-0.39, 0.29) is 12.7 Å². The lowest BCUT2D eigenvalue weighted by Crippen LogP contribution is -2.34. The molecule has 1 rings (SSSR count). The van der Waals surface area contributed by atoms with Crippen molar-refractivity contribution in [3.8, 4) is 0 Å². The quantitative estimate of drug-likeness (QED) is 0.672. The maximum Gasteiger partial charge on any atom is 0.410 e. The number of aliphatic hydroxyl groups excluding tert-OH is 1. The van der Waals surface area contributed by atoms with Gasteiger partial charge in [-0.15, -0.1) is 0 Å². The number of hydrogen-bond acceptors (Lipinski definition) is 3. The number of rotatable bonds is 1. The molecule has 1 saturated heterocycles. The minimum atomic E-state index is -0.444. The van der Waals surface area contributed by atoms with Crippen molar-refractivity contribution in [2.75, 3.05) is 19.7 Å². The topological polar surface area (TPSA) is 49.8 Å². The van der Waals surface area contributed by atoms with Gasteiger partial charge < -0.3 is 14.7 Å². The van der Waals surface area contributed by atoms with E-state index >= 15 is 0 Å². The molecule has 0 aromatic carbocycles. The van der Waals surface area contributed by atoms with Crippen LogP contribution in [0.5, 0.6) is 0 Å². The molecule has 0 bridgehead atoms. The van der Waals surface area contributed by atoms with Gasteiger partial charge >= 0.3 is 6.09 Å². The lowest BCUT2D eigenvalue weighted by atomic mass is 10.2. The van der Waals surface area contributed by atoms with Gasteiger partial charge in [0.25, 0.3) is 0 Å². The summed E-state index contributed by atoms with van der Waals surface area (Å²) < 4.78 is 5.25. The first-order valence-corrected chi connectivity index (χ1v) is 5.19. The van der Waals surface area contributed by atoms with Gasteiger partial charge in [-0.05, 0) is 27.2 Å². The zero-order chi connectivity index (χ0) is 11.5. The van der Waals surface area contributed by atoms with E-state index in [0.29, 0.717) is 13.1 Å². The van der Waals surface area contributed by atoms with Crippen molar-refractivity contribution in [1.82, 2.24) is 4.90 Å². The molecule has 0 spiro atoms. The smallest absolute Gasteiger partial charge is 0.410 e. The van der Waals surface area contributed by atoms with Gasteiger partial charge in [0.1, 0.15) is 5.60 Å². The molecule has 4 heteroatoms. The fourth-order valence-corrected chi connectivity index (χ4v) is 1.46. The Morgan fingerprint density at radius 2 is 2.27 bits per heavy atom. The molecule has 1 fully saturated rings. The van der Waals surface area contributed by atoms with Gasteiger partial charge in [-0.1, -0.05) is 11.6 Å². The molecule has 0 aliphatic carbocycles. The molecule has 1 heterocycles. The van der Waals surface area contributed by atoms with Crippen molar-refractivity contribution in [3.63, 3.8) is 0 Å². The highest BCUT2D eigenvalue weighted by atomic mass is 16.6. The van der Waals surface area contributed by atoms with E-state index in [9.17, 15) is 4.79 Å². The highest BCUT2D eigenvalue weighted by Crippen LogP contribution is 2.18. The van der Waals surface area contributed by atoms with Crippen molar-refractivity contribution < 1.29 is 14.6 Å². The summed E-state index contributed by atoms with van der Waals surface area (Å²) in [6.45, 7) is 6.86. The highest BCUT2D eigenvalue weighted by molar-refractivity contribution is 5.69. The largest absolute Gasteiger partial charge is 0.444 e. The number of ether oxygens (including phenoxy) is 1. The van der Waals surface area contributed by atoms with Crippen LogP contribution in [-0.4, -0.2) is 41.4 Å². The second-order valence-electron chi connectivity index (χ2n) is 4.70. The van der Waals surface area contributed by atoms with Crippen LogP contribution in [0.25, 0.3) is 0 Å². The molecule has 0 atom stereocenters. The monoisotopic (exact) mass is 213 g/mol. The fourth-order valence-electron chi connectivity index (χ4n) is 1.46. The standard InChI is InChI=1S/C11H19NO3/c1-11(2,3)15-10(14)12-6-4-9(8-12)5-7-13/h5,13H,4,6-8H2,1-3H3/b9-5+. The normalized spacial score (nSPS) is 19.7. The lowest BCUT2D eigenvalue weighted by molar-refractivity contribution is 0.0299. The van der Waals surface area contributed by atoms with Gasteiger partial charge in [0.05, 0.1) is 6.61 Å². The fraction of sp³-hybridized carbons (Fsp3) is 0.727. The number of nitrogens with zero attached hydrogens (tertiary/aromatic N) is 1. The van der Waals surface area contributed by atoms with Gasteiger partial charge in [0.15, 0.2) is 0 Å². The predicted molar refractivity (Wildman–Crippen MR) is 57.6 cm³/mol. The summed E-state index contributed by atoms with van der Waals surface area (Å²) in [4.78, 5) is 13.3. The summed E-state index contributed by atoms with van der Waals surface area (Å²) in [5, 5.41) is 8.73. The number of carbonyl (C=O) groups excluding carboxylic acids is 1. The molecule has 1 aliphatic rings. The molecule has 4 nitrogen and oxygen atoms in total. The van der Waals surface area contributed by atoms with Gasteiger partial charge in [-0.25, -0.2) is 4.79 Å². The van der Waals surface area contributed by atoms with E-state index in [1.807, 2.05) is 20.8 Å². The zero-order valence-electron chi connectivity index (χ0n) is 9.62. The summed E-state index contributed by atoms with van der Waals surface area (Å²) in [6.07, 6.45) is 2.31. The van der Waals surface area contributed by atoms with Gasteiger partial charge in [0.2, 0.25) is 0 Å². The van der Waals surface area contributed by atoms with Crippen LogP contribution in [0.1, 0.15) is 27.2 Å². The van der Waals surface area contributed by atoms with E-state index in [1.165, 1.54) is 0 Å². The van der Waals surface area contributed by atoms with E-state index < -0.39 is 5.60 Å². The Bertz CT molecular complexity index is 265. The predicted octanol–water partition coefficient (Wildman–Crippen LogP) is 1.55. The summed E-state index contributed by atoms with van der Waals surface area (Å²) in [5.74, 6) is 0. The third kappa shape index (κ3) is 3.91. The number of aliphatic hydroxyl groups is 1.